The average molecular weight is 303 g/mol. The molecule has 0 aromatic heterocycles. The summed E-state index contributed by atoms with van der Waals surface area (Å²) < 4.78 is 5.60. The molecule has 22 heavy (non-hydrogen) atoms. The van der Waals surface area contributed by atoms with Crippen LogP contribution in [0, 0.1) is 5.92 Å². The molecule has 1 aromatic carbocycles. The number of nitrogens with zero attached hydrogens (tertiary/aromatic N) is 1. The highest BCUT2D eigenvalue weighted by Crippen LogP contribution is 2.25. The fraction of sp³-hybridized carbons (Fsp3) is 0.529. The summed E-state index contributed by atoms with van der Waals surface area (Å²) in [7, 11) is 0. The van der Waals surface area contributed by atoms with Crippen LogP contribution in [0.3, 0.4) is 0 Å². The minimum absolute atomic E-state index is 0.0227. The van der Waals surface area contributed by atoms with Crippen molar-refractivity contribution in [1.29, 1.82) is 0 Å². The molecule has 0 radical (unpaired) electrons. The van der Waals surface area contributed by atoms with Crippen molar-refractivity contribution in [1.82, 2.24) is 4.90 Å². The highest BCUT2D eigenvalue weighted by Gasteiger charge is 2.30. The summed E-state index contributed by atoms with van der Waals surface area (Å²) in [6.07, 6.45) is 5.18. The number of carboxylic acid groups (broad SMARTS) is 1. The van der Waals surface area contributed by atoms with E-state index in [2.05, 4.69) is 6.07 Å². The Balaban J connectivity index is 1.54. The molecule has 0 spiro atoms. The Bertz CT molecular complexity index is 584. The molecule has 1 fully saturated rings. The van der Waals surface area contributed by atoms with Gasteiger partial charge in [0, 0.05) is 13.1 Å². The van der Waals surface area contributed by atoms with Gasteiger partial charge in [0.1, 0.15) is 5.75 Å². The van der Waals surface area contributed by atoms with Crippen LogP contribution in [0.4, 0.5) is 0 Å². The van der Waals surface area contributed by atoms with Crippen LogP contribution in [0.5, 0.6) is 5.75 Å². The third kappa shape index (κ3) is 3.24. The molecular weight excluding hydrogens is 282 g/mol. The Hall–Kier alpha value is -2.04. The van der Waals surface area contributed by atoms with E-state index in [1.165, 1.54) is 24.0 Å². The molecule has 0 bridgehead atoms. The summed E-state index contributed by atoms with van der Waals surface area (Å²) in [6, 6.07) is 6.04. The molecule has 1 amide bonds. The number of rotatable bonds is 4. The van der Waals surface area contributed by atoms with Gasteiger partial charge >= 0.3 is 5.97 Å². The van der Waals surface area contributed by atoms with Crippen molar-refractivity contribution in [2.75, 3.05) is 19.7 Å². The number of aliphatic carboxylic acids is 1. The van der Waals surface area contributed by atoms with E-state index in [1.807, 2.05) is 12.1 Å². The Kier molecular flexibility index (Phi) is 4.32. The van der Waals surface area contributed by atoms with Gasteiger partial charge in [-0.1, -0.05) is 6.07 Å². The highest BCUT2D eigenvalue weighted by molar-refractivity contribution is 5.80. The van der Waals surface area contributed by atoms with Crippen LogP contribution in [-0.4, -0.2) is 41.6 Å². The van der Waals surface area contributed by atoms with Crippen molar-refractivity contribution in [3.63, 3.8) is 0 Å². The lowest BCUT2D eigenvalue weighted by Crippen LogP contribution is -2.33. The molecule has 3 rings (SSSR count). The maximum atomic E-state index is 12.1. The molecule has 1 N–H and O–H groups in total. The zero-order valence-electron chi connectivity index (χ0n) is 12.6. The summed E-state index contributed by atoms with van der Waals surface area (Å²) in [5, 5.41) is 8.96. The van der Waals surface area contributed by atoms with Crippen molar-refractivity contribution in [2.45, 2.75) is 32.1 Å². The maximum Gasteiger partial charge on any atom is 0.308 e. The first kappa shape index (κ1) is 14.9. The van der Waals surface area contributed by atoms with E-state index in [0.29, 0.717) is 19.5 Å². The Morgan fingerprint density at radius 1 is 1.23 bits per heavy atom. The number of fused-ring (bicyclic) bond motifs is 1. The van der Waals surface area contributed by atoms with Crippen LogP contribution in [-0.2, 0) is 22.4 Å². The number of ether oxygens (including phenoxy) is 1. The molecule has 0 saturated carbocycles. The monoisotopic (exact) mass is 303 g/mol. The van der Waals surface area contributed by atoms with E-state index in [0.717, 1.165) is 18.6 Å². The van der Waals surface area contributed by atoms with Gasteiger partial charge in [-0.3, -0.25) is 9.59 Å². The lowest BCUT2D eigenvalue weighted by molar-refractivity contribution is -0.141. The van der Waals surface area contributed by atoms with E-state index in [4.69, 9.17) is 9.84 Å². The summed E-state index contributed by atoms with van der Waals surface area (Å²) in [5.74, 6) is -0.678. The van der Waals surface area contributed by atoms with E-state index < -0.39 is 11.9 Å². The van der Waals surface area contributed by atoms with Gasteiger partial charge in [-0.05, 0) is 55.4 Å². The number of carbonyl (C=O) groups excluding carboxylic acids is 1. The number of hydrogen-bond donors (Lipinski definition) is 1. The van der Waals surface area contributed by atoms with Gasteiger partial charge in [0.05, 0.1) is 5.92 Å². The minimum atomic E-state index is -0.828. The fourth-order valence-corrected chi connectivity index (χ4v) is 3.22. The van der Waals surface area contributed by atoms with Crippen LogP contribution < -0.4 is 4.74 Å². The largest absolute Gasteiger partial charge is 0.484 e. The van der Waals surface area contributed by atoms with Crippen LogP contribution in [0.25, 0.3) is 0 Å². The zero-order valence-corrected chi connectivity index (χ0v) is 12.6. The Morgan fingerprint density at radius 3 is 2.73 bits per heavy atom. The lowest BCUT2D eigenvalue weighted by atomic mass is 9.92. The molecule has 118 valence electrons. The van der Waals surface area contributed by atoms with Crippen molar-refractivity contribution in [3.05, 3.63) is 29.3 Å². The van der Waals surface area contributed by atoms with Crippen molar-refractivity contribution >= 4 is 11.9 Å². The zero-order chi connectivity index (χ0) is 15.5. The molecule has 1 aromatic rings. The average Bonchev–Trinajstić information content (AvgIpc) is 3.03. The molecule has 5 heteroatoms. The molecule has 1 heterocycles. The molecule has 2 aliphatic rings. The number of hydrogen-bond acceptors (Lipinski definition) is 3. The number of likely N-dealkylation sites (tertiary alicyclic amines) is 1. The summed E-state index contributed by atoms with van der Waals surface area (Å²) >= 11 is 0. The first-order valence-electron chi connectivity index (χ1n) is 7.88. The molecule has 1 atom stereocenters. The third-order valence-corrected chi connectivity index (χ3v) is 4.57. The fourth-order valence-electron chi connectivity index (χ4n) is 3.22. The molecule has 5 nitrogen and oxygen atoms in total. The minimum Gasteiger partial charge on any atom is -0.484 e. The van der Waals surface area contributed by atoms with Gasteiger partial charge in [0.15, 0.2) is 6.61 Å². The van der Waals surface area contributed by atoms with Gasteiger partial charge in [-0.2, -0.15) is 0 Å². The van der Waals surface area contributed by atoms with Crippen molar-refractivity contribution in [2.24, 2.45) is 5.92 Å². The second-order valence-corrected chi connectivity index (χ2v) is 6.09. The SMILES string of the molecule is O=C(O)C1CCN(C(=O)COc2ccc3c(c2)CCCC3)C1. The van der Waals surface area contributed by atoms with Gasteiger partial charge in [-0.15, -0.1) is 0 Å². The summed E-state index contributed by atoms with van der Waals surface area (Å²) in [4.78, 5) is 24.6. The van der Waals surface area contributed by atoms with Crippen LogP contribution in [0.1, 0.15) is 30.4 Å². The van der Waals surface area contributed by atoms with E-state index >= 15 is 0 Å². The second kappa shape index (κ2) is 6.38. The Labute approximate surface area is 129 Å². The van der Waals surface area contributed by atoms with Gasteiger partial charge in [0.2, 0.25) is 0 Å². The van der Waals surface area contributed by atoms with Crippen molar-refractivity contribution in [3.8, 4) is 5.75 Å². The number of benzene rings is 1. The molecule has 1 aliphatic heterocycles. The predicted molar refractivity (Wildman–Crippen MR) is 80.9 cm³/mol. The Morgan fingerprint density at radius 2 is 2.00 bits per heavy atom. The van der Waals surface area contributed by atoms with Crippen LogP contribution in [0.15, 0.2) is 18.2 Å². The first-order valence-corrected chi connectivity index (χ1v) is 7.88. The standard InChI is InChI=1S/C17H21NO4/c19-16(18-8-7-14(10-18)17(20)21)11-22-15-6-5-12-3-1-2-4-13(12)9-15/h5-6,9,14H,1-4,7-8,10-11H2,(H,20,21). The number of carboxylic acids is 1. The van der Waals surface area contributed by atoms with Crippen molar-refractivity contribution < 1.29 is 19.4 Å². The van der Waals surface area contributed by atoms with Crippen LogP contribution in [0.2, 0.25) is 0 Å². The number of carbonyl (C=O) groups is 2. The highest BCUT2D eigenvalue weighted by atomic mass is 16.5. The smallest absolute Gasteiger partial charge is 0.308 e. The lowest BCUT2D eigenvalue weighted by Gasteiger charge is -2.18. The normalized spacial score (nSPS) is 20.5. The molecule has 1 aliphatic carbocycles. The molecule has 1 saturated heterocycles. The van der Waals surface area contributed by atoms with Gasteiger partial charge in [-0.25, -0.2) is 0 Å². The number of aryl methyl sites for hydroxylation is 2. The van der Waals surface area contributed by atoms with E-state index in [1.54, 1.807) is 4.90 Å². The quantitative estimate of drug-likeness (QED) is 0.922. The van der Waals surface area contributed by atoms with Gasteiger partial charge in [0.25, 0.3) is 5.91 Å². The molecular formula is C17H21NO4. The second-order valence-electron chi connectivity index (χ2n) is 6.09. The van der Waals surface area contributed by atoms with Crippen LogP contribution >= 0.6 is 0 Å². The maximum absolute atomic E-state index is 12.1. The topological polar surface area (TPSA) is 66.8 Å². The summed E-state index contributed by atoms with van der Waals surface area (Å²) in [6.45, 7) is 0.774. The summed E-state index contributed by atoms with van der Waals surface area (Å²) in [5.41, 5.74) is 2.71. The third-order valence-electron chi connectivity index (χ3n) is 4.57. The number of amides is 1. The molecule has 1 unspecified atom stereocenters. The predicted octanol–water partition coefficient (Wildman–Crippen LogP) is 1.88. The van der Waals surface area contributed by atoms with E-state index in [9.17, 15) is 9.59 Å². The van der Waals surface area contributed by atoms with Gasteiger partial charge < -0.3 is 14.7 Å². The van der Waals surface area contributed by atoms with E-state index in [-0.39, 0.29) is 12.5 Å². The first-order chi connectivity index (χ1) is 10.6.